The summed E-state index contributed by atoms with van der Waals surface area (Å²) in [6.07, 6.45) is 3.33. The highest BCUT2D eigenvalue weighted by Crippen LogP contribution is 2.30. The van der Waals surface area contributed by atoms with Crippen molar-refractivity contribution in [3.63, 3.8) is 0 Å². The molecule has 0 spiro atoms. The fourth-order valence-corrected chi connectivity index (χ4v) is 4.56. The minimum absolute atomic E-state index is 0.0725. The number of amides is 2. The fraction of sp³-hybridized carbons (Fsp3) is 0.500. The van der Waals surface area contributed by atoms with Crippen LogP contribution in [0, 0.1) is 13.8 Å². The minimum Gasteiger partial charge on any atom is -0.356 e. The Morgan fingerprint density at radius 3 is 2.93 bits per heavy atom. The van der Waals surface area contributed by atoms with Crippen LogP contribution in [-0.4, -0.2) is 41.3 Å². The van der Waals surface area contributed by atoms with Crippen molar-refractivity contribution in [2.24, 2.45) is 0 Å². The Hall–Kier alpha value is -2.21. The lowest BCUT2D eigenvalue weighted by atomic mass is 9.97. The van der Waals surface area contributed by atoms with Gasteiger partial charge in [-0.25, -0.2) is 4.98 Å². The summed E-state index contributed by atoms with van der Waals surface area (Å²) < 4.78 is 0. The predicted molar refractivity (Wildman–Crippen MR) is 113 cm³/mol. The average molecular weight is 400 g/mol. The Morgan fingerprint density at radius 2 is 2.14 bits per heavy atom. The third kappa shape index (κ3) is 4.98. The van der Waals surface area contributed by atoms with E-state index < -0.39 is 0 Å². The first kappa shape index (κ1) is 20.5. The second-order valence-corrected chi connectivity index (χ2v) is 8.43. The van der Waals surface area contributed by atoms with Gasteiger partial charge in [-0.3, -0.25) is 9.59 Å². The molecule has 28 heavy (non-hydrogen) atoms. The summed E-state index contributed by atoms with van der Waals surface area (Å²) in [6, 6.07) is 6.06. The van der Waals surface area contributed by atoms with E-state index in [9.17, 15) is 9.59 Å². The molecule has 1 fully saturated rings. The first-order valence-corrected chi connectivity index (χ1v) is 10.9. The van der Waals surface area contributed by atoms with Crippen LogP contribution in [0.1, 0.15) is 64.3 Å². The lowest BCUT2D eigenvalue weighted by Gasteiger charge is -2.32. The number of carbonyl (C=O) groups excluding carboxylic acids is 2. The average Bonchev–Trinajstić information content (AvgIpc) is 3.18. The van der Waals surface area contributed by atoms with Gasteiger partial charge in [0.05, 0.1) is 10.7 Å². The molecule has 0 saturated carbocycles. The van der Waals surface area contributed by atoms with E-state index in [2.05, 4.69) is 10.7 Å². The van der Waals surface area contributed by atoms with Crippen molar-refractivity contribution < 1.29 is 9.59 Å². The Kier molecular flexibility index (Phi) is 6.83. The summed E-state index contributed by atoms with van der Waals surface area (Å²) in [6.45, 7) is 8.03. The van der Waals surface area contributed by atoms with E-state index in [1.807, 2.05) is 43.9 Å². The van der Waals surface area contributed by atoms with Gasteiger partial charge in [0.2, 0.25) is 5.91 Å². The molecule has 0 aliphatic carbocycles. The maximum atomic E-state index is 13.1. The van der Waals surface area contributed by atoms with E-state index in [0.717, 1.165) is 59.7 Å². The van der Waals surface area contributed by atoms with Crippen LogP contribution in [0.3, 0.4) is 0 Å². The third-order valence-corrected chi connectivity index (χ3v) is 6.33. The molecule has 1 atom stereocenters. The monoisotopic (exact) mass is 399 g/mol. The van der Waals surface area contributed by atoms with Crippen LogP contribution in [0.2, 0.25) is 0 Å². The van der Waals surface area contributed by atoms with Gasteiger partial charge < -0.3 is 10.2 Å². The largest absolute Gasteiger partial charge is 0.356 e. The van der Waals surface area contributed by atoms with Crippen LogP contribution < -0.4 is 5.32 Å². The summed E-state index contributed by atoms with van der Waals surface area (Å²) in [5, 5.41) is 6.08. The molecule has 1 N–H and O–H groups in total. The zero-order chi connectivity index (χ0) is 20.1. The van der Waals surface area contributed by atoms with Crippen molar-refractivity contribution in [2.75, 3.05) is 19.6 Å². The highest BCUT2D eigenvalue weighted by Gasteiger charge is 2.28. The normalized spacial score (nSPS) is 16.8. The van der Waals surface area contributed by atoms with Crippen molar-refractivity contribution in [2.45, 2.75) is 52.4 Å². The molecule has 1 aromatic carbocycles. The molecule has 0 unspecified atom stereocenters. The zero-order valence-corrected chi connectivity index (χ0v) is 17.8. The number of aryl methyl sites for hydroxylation is 2. The van der Waals surface area contributed by atoms with E-state index in [-0.39, 0.29) is 11.8 Å². The number of hydrogen-bond acceptors (Lipinski definition) is 4. The van der Waals surface area contributed by atoms with Crippen LogP contribution >= 0.6 is 11.3 Å². The maximum Gasteiger partial charge on any atom is 0.254 e. The standard InChI is InChI=1S/C22H29N3O2S/c1-4-20(26)23-10-9-18-14-28-21(24-18)17-6-5-11-25(13-17)22(27)19-12-15(2)7-8-16(19)3/h7-8,12,14,17H,4-6,9-11,13H2,1-3H3,(H,23,26)/t17-/m0/s1. The van der Waals surface area contributed by atoms with Gasteiger partial charge in [0.25, 0.3) is 5.91 Å². The molecule has 1 aromatic heterocycles. The fourth-order valence-electron chi connectivity index (χ4n) is 3.58. The van der Waals surface area contributed by atoms with Crippen molar-refractivity contribution in [3.8, 4) is 0 Å². The van der Waals surface area contributed by atoms with Crippen LogP contribution in [-0.2, 0) is 11.2 Å². The molecule has 3 rings (SSSR count). The van der Waals surface area contributed by atoms with Crippen LogP contribution in [0.5, 0.6) is 0 Å². The first-order chi connectivity index (χ1) is 13.5. The SMILES string of the molecule is CCC(=O)NCCc1csc([C@H]2CCCN(C(=O)c3cc(C)ccc3C)C2)n1. The molecule has 2 aromatic rings. The molecule has 1 aliphatic heterocycles. The molecule has 6 heteroatoms. The van der Waals surface area contributed by atoms with Crippen molar-refractivity contribution in [1.29, 1.82) is 0 Å². The van der Waals surface area contributed by atoms with E-state index in [4.69, 9.17) is 4.98 Å². The number of likely N-dealkylation sites (tertiary alicyclic amines) is 1. The summed E-state index contributed by atoms with van der Waals surface area (Å²) >= 11 is 1.67. The highest BCUT2D eigenvalue weighted by atomic mass is 32.1. The molecule has 2 amide bonds. The topological polar surface area (TPSA) is 62.3 Å². The van der Waals surface area contributed by atoms with Gasteiger partial charge in [-0.05, 0) is 38.3 Å². The van der Waals surface area contributed by atoms with Crippen molar-refractivity contribution in [1.82, 2.24) is 15.2 Å². The molecule has 1 aliphatic rings. The van der Waals surface area contributed by atoms with Gasteiger partial charge in [0, 0.05) is 49.3 Å². The van der Waals surface area contributed by atoms with Crippen molar-refractivity contribution in [3.05, 3.63) is 51.0 Å². The lowest BCUT2D eigenvalue weighted by Crippen LogP contribution is -2.39. The summed E-state index contributed by atoms with van der Waals surface area (Å²) in [7, 11) is 0. The third-order valence-electron chi connectivity index (χ3n) is 5.28. The second-order valence-electron chi connectivity index (χ2n) is 7.54. The Labute approximate surface area is 171 Å². The maximum absolute atomic E-state index is 13.1. The quantitative estimate of drug-likeness (QED) is 0.803. The summed E-state index contributed by atoms with van der Waals surface area (Å²) in [5.41, 5.74) is 3.98. The number of nitrogens with zero attached hydrogens (tertiary/aromatic N) is 2. The lowest BCUT2D eigenvalue weighted by molar-refractivity contribution is -0.120. The van der Waals surface area contributed by atoms with Gasteiger partial charge >= 0.3 is 0 Å². The number of carbonyl (C=O) groups is 2. The minimum atomic E-state index is 0.0725. The highest BCUT2D eigenvalue weighted by molar-refractivity contribution is 7.09. The van der Waals surface area contributed by atoms with E-state index in [0.29, 0.717) is 18.9 Å². The Balaban J connectivity index is 1.63. The molecule has 5 nitrogen and oxygen atoms in total. The first-order valence-electron chi connectivity index (χ1n) is 10.1. The zero-order valence-electron chi connectivity index (χ0n) is 17.0. The molecule has 2 heterocycles. The molecule has 150 valence electrons. The number of piperidine rings is 1. The van der Waals surface area contributed by atoms with E-state index in [1.165, 1.54) is 0 Å². The number of nitrogens with one attached hydrogen (secondary N) is 1. The number of thiazole rings is 1. The molecule has 0 bridgehead atoms. The number of rotatable bonds is 6. The molecular formula is C22H29N3O2S. The number of benzene rings is 1. The molecule has 0 radical (unpaired) electrons. The van der Waals surface area contributed by atoms with Gasteiger partial charge in [0.15, 0.2) is 0 Å². The van der Waals surface area contributed by atoms with E-state index >= 15 is 0 Å². The smallest absolute Gasteiger partial charge is 0.254 e. The predicted octanol–water partition coefficient (Wildman–Crippen LogP) is 3.85. The number of hydrogen-bond donors (Lipinski definition) is 1. The summed E-state index contributed by atoms with van der Waals surface area (Å²) in [5.74, 6) is 0.500. The number of aromatic nitrogens is 1. The van der Waals surface area contributed by atoms with Gasteiger partial charge in [-0.1, -0.05) is 24.6 Å². The van der Waals surface area contributed by atoms with Gasteiger partial charge in [0.1, 0.15) is 0 Å². The molecule has 1 saturated heterocycles. The second kappa shape index (κ2) is 9.32. The Bertz CT molecular complexity index is 846. The van der Waals surface area contributed by atoms with Crippen LogP contribution in [0.4, 0.5) is 0 Å². The molecular weight excluding hydrogens is 370 g/mol. The van der Waals surface area contributed by atoms with Crippen molar-refractivity contribution >= 4 is 23.2 Å². The van der Waals surface area contributed by atoms with Crippen LogP contribution in [0.15, 0.2) is 23.6 Å². The summed E-state index contributed by atoms with van der Waals surface area (Å²) in [4.78, 5) is 31.2. The van der Waals surface area contributed by atoms with E-state index in [1.54, 1.807) is 11.3 Å². The Morgan fingerprint density at radius 1 is 1.32 bits per heavy atom. The van der Waals surface area contributed by atoms with Gasteiger partial charge in [-0.15, -0.1) is 11.3 Å². The van der Waals surface area contributed by atoms with Gasteiger partial charge in [-0.2, -0.15) is 0 Å². The van der Waals surface area contributed by atoms with Crippen LogP contribution in [0.25, 0.3) is 0 Å².